The van der Waals surface area contributed by atoms with Gasteiger partial charge in [0.15, 0.2) is 0 Å². The Morgan fingerprint density at radius 2 is 1.96 bits per heavy atom. The molecule has 1 aliphatic carbocycles. The van der Waals surface area contributed by atoms with E-state index in [4.69, 9.17) is 0 Å². The number of rotatable bonds is 1. The summed E-state index contributed by atoms with van der Waals surface area (Å²) in [6.07, 6.45) is 9.24. The number of para-hydroxylation sites is 1. The quantitative estimate of drug-likeness (QED) is 0.785. The third-order valence-corrected chi connectivity index (χ3v) is 5.13. The molecular weight excluding hydrogens is 304 g/mol. The first-order valence-electron chi connectivity index (χ1n) is 7.34. The van der Waals surface area contributed by atoms with Gasteiger partial charge >= 0.3 is 0 Å². The smallest absolute Gasteiger partial charge is 0.204 e. The molecule has 0 atom stereocenters. The minimum Gasteiger partial charge on any atom is -0.338 e. The van der Waals surface area contributed by atoms with Crippen molar-refractivity contribution in [2.45, 2.75) is 4.90 Å². The lowest BCUT2D eigenvalue weighted by molar-refractivity contribution is 0.104. The van der Waals surface area contributed by atoms with Crippen LogP contribution >= 0.6 is 11.8 Å². The fourth-order valence-corrected chi connectivity index (χ4v) is 3.79. The Balaban J connectivity index is 1.70. The number of pyridine rings is 1. The molecule has 112 valence electrons. The number of carbonyl (C=O) groups is 1. The summed E-state index contributed by atoms with van der Waals surface area (Å²) in [6, 6.07) is 12.2. The largest absolute Gasteiger partial charge is 0.338 e. The summed E-state index contributed by atoms with van der Waals surface area (Å²) in [5.74, 6) is -0.0369. The van der Waals surface area contributed by atoms with Crippen LogP contribution in [0.15, 0.2) is 76.8 Å². The van der Waals surface area contributed by atoms with E-state index in [9.17, 15) is 4.79 Å². The molecule has 0 saturated heterocycles. The second-order valence-corrected chi connectivity index (χ2v) is 6.42. The predicted molar refractivity (Wildman–Crippen MR) is 94.5 cm³/mol. The topological polar surface area (TPSA) is 33.2 Å². The highest BCUT2D eigenvalue weighted by Crippen LogP contribution is 2.44. The molecular formula is C19H14N2OS. The molecule has 2 aliphatic rings. The Kier molecular flexibility index (Phi) is 3.39. The van der Waals surface area contributed by atoms with Crippen LogP contribution in [0.1, 0.15) is 16.1 Å². The van der Waals surface area contributed by atoms with Gasteiger partial charge in [0.25, 0.3) is 0 Å². The van der Waals surface area contributed by atoms with Crippen LogP contribution in [0.4, 0.5) is 5.69 Å². The molecule has 23 heavy (non-hydrogen) atoms. The van der Waals surface area contributed by atoms with Crippen molar-refractivity contribution in [3.05, 3.63) is 83.2 Å². The van der Waals surface area contributed by atoms with Gasteiger partial charge in [0.05, 0.1) is 10.7 Å². The first-order valence-corrected chi connectivity index (χ1v) is 8.16. The van der Waals surface area contributed by atoms with Crippen molar-refractivity contribution in [3.63, 3.8) is 0 Å². The van der Waals surface area contributed by atoms with Gasteiger partial charge in [-0.25, -0.2) is 0 Å². The molecule has 4 rings (SSSR count). The van der Waals surface area contributed by atoms with Gasteiger partial charge in [-0.2, -0.15) is 0 Å². The number of benzene rings is 1. The van der Waals surface area contributed by atoms with E-state index in [1.54, 1.807) is 24.0 Å². The monoisotopic (exact) mass is 318 g/mol. The maximum absolute atomic E-state index is 11.9. The number of carbonyl (C=O) groups excluding carboxylic acids is 1. The van der Waals surface area contributed by atoms with Crippen LogP contribution in [0.3, 0.4) is 0 Å². The van der Waals surface area contributed by atoms with Crippen molar-refractivity contribution in [1.29, 1.82) is 0 Å². The highest BCUT2D eigenvalue weighted by atomic mass is 32.2. The fraction of sp³-hybridized carbons (Fsp3) is 0.0526. The van der Waals surface area contributed by atoms with Gasteiger partial charge in [0, 0.05) is 23.7 Å². The van der Waals surface area contributed by atoms with Crippen LogP contribution in [0.5, 0.6) is 0 Å². The Morgan fingerprint density at radius 3 is 2.83 bits per heavy atom. The van der Waals surface area contributed by atoms with E-state index in [0.29, 0.717) is 5.69 Å². The molecule has 0 radical (unpaired) electrons. The lowest BCUT2D eigenvalue weighted by Gasteiger charge is -2.13. The third kappa shape index (κ3) is 2.41. The van der Waals surface area contributed by atoms with Gasteiger partial charge in [0.1, 0.15) is 5.69 Å². The van der Waals surface area contributed by atoms with Crippen LogP contribution in [0, 0.1) is 0 Å². The zero-order chi connectivity index (χ0) is 15.8. The number of aromatic nitrogens is 1. The molecule has 0 spiro atoms. The molecule has 1 aromatic carbocycles. The number of nitrogens with zero attached hydrogens (tertiary/aromatic N) is 2. The summed E-state index contributed by atoms with van der Waals surface area (Å²) < 4.78 is 0. The van der Waals surface area contributed by atoms with Gasteiger partial charge < -0.3 is 4.90 Å². The van der Waals surface area contributed by atoms with Crippen LogP contribution < -0.4 is 4.90 Å². The first kappa shape index (κ1) is 14.0. The number of hydrogen-bond donors (Lipinski definition) is 0. The average Bonchev–Trinajstić information content (AvgIpc) is 2.91. The Bertz CT molecular complexity index is 896. The van der Waals surface area contributed by atoms with Crippen LogP contribution in [0.25, 0.3) is 5.57 Å². The molecule has 0 unspecified atom stereocenters. The highest BCUT2D eigenvalue weighted by Gasteiger charge is 2.21. The summed E-state index contributed by atoms with van der Waals surface area (Å²) in [4.78, 5) is 19.5. The third-order valence-electron chi connectivity index (χ3n) is 3.94. The van der Waals surface area contributed by atoms with Gasteiger partial charge in [-0.3, -0.25) is 9.78 Å². The second kappa shape index (κ2) is 5.56. The van der Waals surface area contributed by atoms with Crippen molar-refractivity contribution in [2.24, 2.45) is 0 Å². The zero-order valence-electron chi connectivity index (χ0n) is 12.6. The molecule has 1 aliphatic heterocycles. The van der Waals surface area contributed by atoms with E-state index in [1.165, 1.54) is 10.6 Å². The molecule has 0 amide bonds. The normalized spacial score (nSPS) is 19.3. The maximum Gasteiger partial charge on any atom is 0.204 e. The van der Waals surface area contributed by atoms with E-state index in [0.717, 1.165) is 16.2 Å². The molecule has 0 fully saturated rings. The lowest BCUT2D eigenvalue weighted by Crippen LogP contribution is -2.09. The molecule has 1 aromatic heterocycles. The molecule has 2 heterocycles. The first-order chi connectivity index (χ1) is 11.2. The minimum atomic E-state index is -0.0369. The molecule has 0 saturated carbocycles. The Labute approximate surface area is 139 Å². The van der Waals surface area contributed by atoms with Crippen LogP contribution in [-0.2, 0) is 0 Å². The van der Waals surface area contributed by atoms with Gasteiger partial charge in [-0.15, -0.1) is 0 Å². The van der Waals surface area contributed by atoms with E-state index >= 15 is 0 Å². The number of ketones is 1. The van der Waals surface area contributed by atoms with Crippen molar-refractivity contribution in [1.82, 2.24) is 4.98 Å². The van der Waals surface area contributed by atoms with E-state index in [2.05, 4.69) is 47.3 Å². The Morgan fingerprint density at radius 1 is 1.09 bits per heavy atom. The van der Waals surface area contributed by atoms with Gasteiger partial charge in [-0.1, -0.05) is 42.1 Å². The second-order valence-electron chi connectivity index (χ2n) is 5.35. The maximum atomic E-state index is 11.9. The summed E-state index contributed by atoms with van der Waals surface area (Å²) in [6.45, 7) is 0. The average molecular weight is 318 g/mol. The van der Waals surface area contributed by atoms with Crippen LogP contribution in [0.2, 0.25) is 0 Å². The molecule has 3 nitrogen and oxygen atoms in total. The van der Waals surface area contributed by atoms with E-state index in [1.807, 2.05) is 24.3 Å². The number of anilines is 1. The summed E-state index contributed by atoms with van der Waals surface area (Å²) in [5, 5.41) is 1.16. The predicted octanol–water partition coefficient (Wildman–Crippen LogP) is 4.30. The lowest BCUT2D eigenvalue weighted by atomic mass is 9.96. The summed E-state index contributed by atoms with van der Waals surface area (Å²) >= 11 is 1.75. The van der Waals surface area contributed by atoms with Crippen molar-refractivity contribution in [2.75, 3.05) is 11.9 Å². The summed E-state index contributed by atoms with van der Waals surface area (Å²) in [5.41, 5.74) is 3.64. The van der Waals surface area contributed by atoms with E-state index in [-0.39, 0.29) is 5.78 Å². The molecule has 0 bridgehead atoms. The summed E-state index contributed by atoms with van der Waals surface area (Å²) in [7, 11) is 2.07. The number of hydrogen-bond acceptors (Lipinski definition) is 4. The standard InChI is InChI=1S/C19H14N2OS/c1-21-15-6-2-3-7-17(15)23-18(21)11-9-13-8-10-16(22)19-14(13)5-4-12-20-19/h2-12H,1H3. The minimum absolute atomic E-state index is 0.0369. The molecule has 4 heteroatoms. The van der Waals surface area contributed by atoms with Crippen molar-refractivity contribution < 1.29 is 4.79 Å². The van der Waals surface area contributed by atoms with Crippen LogP contribution in [-0.4, -0.2) is 17.8 Å². The number of allylic oxidation sites excluding steroid dienone is 5. The SMILES string of the molecule is CN1C(=CC=C2C=CC(=O)c3ncccc32)Sc2ccccc21. The zero-order valence-corrected chi connectivity index (χ0v) is 13.4. The van der Waals surface area contributed by atoms with Crippen molar-refractivity contribution in [3.8, 4) is 0 Å². The molecule has 0 N–H and O–H groups in total. The van der Waals surface area contributed by atoms with E-state index < -0.39 is 0 Å². The highest BCUT2D eigenvalue weighted by molar-refractivity contribution is 8.03. The molecule has 2 aromatic rings. The fourth-order valence-electron chi connectivity index (χ4n) is 2.74. The van der Waals surface area contributed by atoms with Gasteiger partial charge in [0.2, 0.25) is 5.78 Å². The number of fused-ring (bicyclic) bond motifs is 2. The number of thioether (sulfide) groups is 1. The van der Waals surface area contributed by atoms with Crippen molar-refractivity contribution >= 4 is 28.8 Å². The Hall–Kier alpha value is -2.59. The van der Waals surface area contributed by atoms with Gasteiger partial charge in [-0.05, 0) is 35.9 Å².